The Bertz CT molecular complexity index is 1180. The van der Waals surface area contributed by atoms with Crippen LogP contribution in [0.4, 0.5) is 5.69 Å². The summed E-state index contributed by atoms with van der Waals surface area (Å²) in [6.45, 7) is 2.09. The highest BCUT2D eigenvalue weighted by molar-refractivity contribution is 7.16. The SMILES string of the molecule is COC1(C2CCCCC2)CCN(c2ccc(-c3cn4nc([C@H]5CC[C@H](C(=O)O)CC5)sc4n3)cc2)CC1. The van der Waals surface area contributed by atoms with Gasteiger partial charge in [-0.1, -0.05) is 42.7 Å². The molecule has 0 spiro atoms. The number of aliphatic carboxylic acids is 1. The van der Waals surface area contributed by atoms with Gasteiger partial charge in [-0.2, -0.15) is 5.10 Å². The highest BCUT2D eigenvalue weighted by atomic mass is 32.1. The summed E-state index contributed by atoms with van der Waals surface area (Å²) in [5.74, 6) is 0.217. The second-order valence-corrected chi connectivity index (χ2v) is 12.3. The van der Waals surface area contributed by atoms with E-state index in [0.29, 0.717) is 5.92 Å². The highest BCUT2D eigenvalue weighted by Gasteiger charge is 2.42. The van der Waals surface area contributed by atoms with Gasteiger partial charge >= 0.3 is 5.97 Å². The quantitative estimate of drug-likeness (QED) is 0.405. The fraction of sp³-hybridized carbons (Fsp3) is 0.621. The molecular formula is C29H38N4O3S. The van der Waals surface area contributed by atoms with Gasteiger partial charge in [0.05, 0.1) is 23.4 Å². The fourth-order valence-corrected chi connectivity index (χ4v) is 8.05. The van der Waals surface area contributed by atoms with Crippen molar-refractivity contribution in [2.24, 2.45) is 11.8 Å². The number of rotatable bonds is 6. The zero-order valence-electron chi connectivity index (χ0n) is 21.8. The lowest BCUT2D eigenvalue weighted by Crippen LogP contribution is -2.50. The third-order valence-electron chi connectivity index (χ3n) is 9.38. The number of carbonyl (C=O) groups is 1. The van der Waals surface area contributed by atoms with Crippen molar-refractivity contribution in [3.05, 3.63) is 35.5 Å². The average Bonchev–Trinajstić information content (AvgIpc) is 3.54. The first kappa shape index (κ1) is 24.9. The van der Waals surface area contributed by atoms with Gasteiger partial charge in [-0.25, -0.2) is 9.50 Å². The standard InChI is InChI=1S/C29H38N4O3S/c1-36-29(23-5-3-2-4-6-23)15-17-32(18-16-29)24-13-11-20(12-14-24)25-19-33-28(30-25)37-26(31-33)21-7-9-22(10-8-21)27(34)35/h11-14,19,21-23H,2-10,15-18H2,1H3,(H,34,35)/t21-,22-. The van der Waals surface area contributed by atoms with Crippen molar-refractivity contribution in [3.8, 4) is 11.3 Å². The Morgan fingerprint density at radius 1 is 1.03 bits per heavy atom. The molecule has 0 amide bonds. The van der Waals surface area contributed by atoms with Crippen molar-refractivity contribution < 1.29 is 14.6 Å². The molecular weight excluding hydrogens is 484 g/mol. The molecule has 2 aliphatic carbocycles. The number of carboxylic acids is 1. The maximum Gasteiger partial charge on any atom is 0.306 e. The summed E-state index contributed by atoms with van der Waals surface area (Å²) in [5.41, 5.74) is 3.40. The number of hydrogen-bond donors (Lipinski definition) is 1. The molecule has 37 heavy (non-hydrogen) atoms. The maximum absolute atomic E-state index is 11.2. The lowest BCUT2D eigenvalue weighted by Gasteiger charge is -2.47. The monoisotopic (exact) mass is 522 g/mol. The minimum atomic E-state index is -0.661. The van der Waals surface area contributed by atoms with Gasteiger partial charge in [0.25, 0.3) is 0 Å². The van der Waals surface area contributed by atoms with Crippen LogP contribution in [-0.4, -0.2) is 51.5 Å². The van der Waals surface area contributed by atoms with E-state index in [-0.39, 0.29) is 11.5 Å². The van der Waals surface area contributed by atoms with Crippen LogP contribution in [0.1, 0.15) is 81.6 Å². The molecule has 198 valence electrons. The zero-order valence-corrected chi connectivity index (χ0v) is 22.6. The molecule has 1 aromatic carbocycles. The summed E-state index contributed by atoms with van der Waals surface area (Å²) in [6.07, 6.45) is 14.3. The van der Waals surface area contributed by atoms with Gasteiger partial charge < -0.3 is 14.7 Å². The van der Waals surface area contributed by atoms with E-state index in [4.69, 9.17) is 14.8 Å². The van der Waals surface area contributed by atoms with Gasteiger partial charge in [0.15, 0.2) is 0 Å². The van der Waals surface area contributed by atoms with E-state index in [9.17, 15) is 9.90 Å². The second kappa shape index (κ2) is 10.4. The predicted octanol–water partition coefficient (Wildman–Crippen LogP) is 6.38. The smallest absolute Gasteiger partial charge is 0.306 e. The van der Waals surface area contributed by atoms with Gasteiger partial charge in [-0.3, -0.25) is 4.79 Å². The molecule has 2 saturated carbocycles. The van der Waals surface area contributed by atoms with E-state index in [1.807, 2.05) is 17.8 Å². The Kier molecular flexibility index (Phi) is 6.97. The molecule has 0 unspecified atom stereocenters. The minimum absolute atomic E-state index is 0.0699. The molecule has 0 radical (unpaired) electrons. The molecule has 1 N–H and O–H groups in total. The Morgan fingerprint density at radius 3 is 2.35 bits per heavy atom. The maximum atomic E-state index is 11.2. The van der Waals surface area contributed by atoms with Gasteiger partial charge in [0.2, 0.25) is 4.96 Å². The Morgan fingerprint density at radius 2 is 1.73 bits per heavy atom. The first-order chi connectivity index (χ1) is 18.0. The molecule has 0 bridgehead atoms. The number of methoxy groups -OCH3 is 1. The van der Waals surface area contributed by atoms with Crippen LogP contribution in [0, 0.1) is 11.8 Å². The number of carboxylic acid groups (broad SMARTS) is 1. The van der Waals surface area contributed by atoms with Gasteiger partial charge in [0, 0.05) is 37.4 Å². The summed E-state index contributed by atoms with van der Waals surface area (Å²) in [6, 6.07) is 8.80. The van der Waals surface area contributed by atoms with Crippen LogP contribution in [0.15, 0.2) is 30.5 Å². The number of anilines is 1. The molecule has 2 aromatic heterocycles. The van der Waals surface area contributed by atoms with Crippen LogP contribution in [0.5, 0.6) is 0 Å². The molecule has 0 atom stereocenters. The highest BCUT2D eigenvalue weighted by Crippen LogP contribution is 2.42. The van der Waals surface area contributed by atoms with Crippen molar-refractivity contribution in [2.45, 2.75) is 82.1 Å². The number of imidazole rings is 1. The lowest BCUT2D eigenvalue weighted by molar-refractivity contribution is -0.142. The molecule has 7 nitrogen and oxygen atoms in total. The summed E-state index contributed by atoms with van der Waals surface area (Å²) in [4.78, 5) is 19.5. The summed E-state index contributed by atoms with van der Waals surface area (Å²) < 4.78 is 8.09. The fourth-order valence-electron chi connectivity index (χ4n) is 7.00. The third kappa shape index (κ3) is 4.90. The molecule has 6 rings (SSSR count). The minimum Gasteiger partial charge on any atom is -0.481 e. The lowest BCUT2D eigenvalue weighted by atomic mass is 9.72. The van der Waals surface area contributed by atoms with Crippen molar-refractivity contribution in [3.63, 3.8) is 0 Å². The largest absolute Gasteiger partial charge is 0.481 e. The van der Waals surface area contributed by atoms with E-state index in [1.54, 1.807) is 11.3 Å². The van der Waals surface area contributed by atoms with Crippen molar-refractivity contribution in [1.82, 2.24) is 14.6 Å². The van der Waals surface area contributed by atoms with E-state index in [1.165, 1.54) is 37.8 Å². The third-order valence-corrected chi connectivity index (χ3v) is 10.5. The van der Waals surface area contributed by atoms with Crippen molar-refractivity contribution >= 4 is 28.0 Å². The van der Waals surface area contributed by atoms with Gasteiger partial charge in [-0.15, -0.1) is 0 Å². The van der Waals surface area contributed by atoms with Gasteiger partial charge in [-0.05, 0) is 69.4 Å². The van der Waals surface area contributed by atoms with Crippen LogP contribution < -0.4 is 4.90 Å². The Hall–Kier alpha value is -2.45. The Balaban J connectivity index is 1.09. The number of fused-ring (bicyclic) bond motifs is 1. The van der Waals surface area contributed by atoms with Gasteiger partial charge in [0.1, 0.15) is 5.01 Å². The van der Waals surface area contributed by atoms with Crippen LogP contribution >= 0.6 is 11.3 Å². The van der Waals surface area contributed by atoms with Crippen LogP contribution in [0.3, 0.4) is 0 Å². The molecule has 8 heteroatoms. The molecule has 3 fully saturated rings. The number of nitrogens with zero attached hydrogens (tertiary/aromatic N) is 4. The normalized spacial score (nSPS) is 24.9. The molecule has 3 aromatic rings. The number of aromatic nitrogens is 3. The summed E-state index contributed by atoms with van der Waals surface area (Å²) in [7, 11) is 1.93. The first-order valence-corrected chi connectivity index (χ1v) is 14.9. The van der Waals surface area contributed by atoms with Crippen molar-refractivity contribution in [2.75, 3.05) is 25.1 Å². The summed E-state index contributed by atoms with van der Waals surface area (Å²) in [5, 5.41) is 15.1. The average molecular weight is 523 g/mol. The molecule has 1 aliphatic heterocycles. The first-order valence-electron chi connectivity index (χ1n) is 14.0. The van der Waals surface area contributed by atoms with E-state index in [2.05, 4.69) is 29.2 Å². The Labute approximate surface area is 222 Å². The molecule has 3 aliphatic rings. The molecule has 1 saturated heterocycles. The number of hydrogen-bond acceptors (Lipinski definition) is 6. The molecule has 3 heterocycles. The zero-order chi connectivity index (χ0) is 25.4. The number of piperidine rings is 1. The van der Waals surface area contributed by atoms with Crippen LogP contribution in [-0.2, 0) is 9.53 Å². The van der Waals surface area contributed by atoms with E-state index in [0.717, 1.165) is 78.8 Å². The van der Waals surface area contributed by atoms with Crippen molar-refractivity contribution in [1.29, 1.82) is 0 Å². The van der Waals surface area contributed by atoms with Crippen LogP contribution in [0.25, 0.3) is 16.2 Å². The second-order valence-electron chi connectivity index (χ2n) is 11.3. The van der Waals surface area contributed by atoms with E-state index < -0.39 is 5.97 Å². The topological polar surface area (TPSA) is 80.0 Å². The number of ether oxygens (including phenoxy) is 1. The van der Waals surface area contributed by atoms with E-state index >= 15 is 0 Å². The van der Waals surface area contributed by atoms with Crippen LogP contribution in [0.2, 0.25) is 0 Å². The number of benzene rings is 1. The predicted molar refractivity (Wildman–Crippen MR) is 146 cm³/mol. The summed E-state index contributed by atoms with van der Waals surface area (Å²) >= 11 is 1.64.